The van der Waals surface area contributed by atoms with Gasteiger partial charge in [0.15, 0.2) is 5.82 Å². The summed E-state index contributed by atoms with van der Waals surface area (Å²) in [6.07, 6.45) is 0. The van der Waals surface area contributed by atoms with Crippen LogP contribution in [-0.4, -0.2) is 9.97 Å². The van der Waals surface area contributed by atoms with E-state index in [0.717, 1.165) is 61.1 Å². The van der Waals surface area contributed by atoms with Crippen LogP contribution in [0.2, 0.25) is 0 Å². The van der Waals surface area contributed by atoms with Crippen LogP contribution < -0.4 is 0 Å². The van der Waals surface area contributed by atoms with Gasteiger partial charge in [-0.15, -0.1) is 0 Å². The fraction of sp³-hybridized carbons (Fsp3) is 0.0370. The monoisotopic (exact) mass is 728 g/mol. The van der Waals surface area contributed by atoms with Crippen LogP contribution in [0, 0.1) is 0 Å². The molecule has 0 saturated carbocycles. The summed E-state index contributed by atoms with van der Waals surface area (Å²) in [4.78, 5) is 10.2. The van der Waals surface area contributed by atoms with Gasteiger partial charge in [0.05, 0.1) is 11.4 Å². The molecule has 8 aromatic carbocycles. The number of para-hydroxylation sites is 1. The highest BCUT2D eigenvalue weighted by Crippen LogP contribution is 2.55. The van der Waals surface area contributed by atoms with Crippen LogP contribution in [0.15, 0.2) is 205 Å². The van der Waals surface area contributed by atoms with E-state index < -0.39 is 0 Å². The maximum atomic E-state index is 6.08. The third-order valence-corrected chi connectivity index (χ3v) is 11.8. The number of rotatable bonds is 6. The van der Waals surface area contributed by atoms with Crippen molar-refractivity contribution in [3.8, 4) is 67.3 Å². The van der Waals surface area contributed by atoms with Crippen molar-refractivity contribution in [2.24, 2.45) is 0 Å². The molecule has 1 atom stereocenters. The number of aromatic nitrogens is 2. The molecule has 1 aliphatic carbocycles. The van der Waals surface area contributed by atoms with E-state index >= 15 is 0 Å². The SMILES string of the molecule is CC1(c2ccccc2)c2ccccc2-c2c(-c3ccc(-c4cc(-c5ccc(-c6ccc7oc8ccccc8c7c6)cc5)nc(-c5ccccc5)n4)cc3)cccc21. The molecule has 0 bridgehead atoms. The second kappa shape index (κ2) is 13.1. The number of hydrogen-bond donors (Lipinski definition) is 0. The van der Waals surface area contributed by atoms with Crippen molar-refractivity contribution >= 4 is 21.9 Å². The van der Waals surface area contributed by atoms with Crippen molar-refractivity contribution in [2.75, 3.05) is 0 Å². The molecule has 2 aromatic heterocycles. The highest BCUT2D eigenvalue weighted by atomic mass is 16.3. The standard InChI is InChI=1S/C54H36N2O/c1-54(41-15-6-3-7-16-41)46-20-10-8-18-44(46)52-42(19-12-21-47(52)54)36-25-29-38(30-26-36)49-34-48(55-53(56-49)39-13-4-2-5-14-39)37-27-23-35(24-28-37)40-31-32-51-45(33-40)43-17-9-11-22-50(43)57-51/h2-34H,1H3. The quantitative estimate of drug-likeness (QED) is 0.171. The molecule has 57 heavy (non-hydrogen) atoms. The first kappa shape index (κ1) is 33.0. The normalized spacial score (nSPS) is 14.5. The lowest BCUT2D eigenvalue weighted by Crippen LogP contribution is -2.22. The van der Waals surface area contributed by atoms with Gasteiger partial charge < -0.3 is 4.42 Å². The average molecular weight is 729 g/mol. The summed E-state index contributed by atoms with van der Waals surface area (Å²) in [6, 6.07) is 71.1. The number of benzene rings is 8. The molecule has 0 spiro atoms. The van der Waals surface area contributed by atoms with Gasteiger partial charge in [0, 0.05) is 32.9 Å². The minimum atomic E-state index is -0.241. The first-order valence-corrected chi connectivity index (χ1v) is 19.5. The zero-order valence-corrected chi connectivity index (χ0v) is 31.4. The van der Waals surface area contributed by atoms with E-state index in [2.05, 4.69) is 177 Å². The molecule has 10 aromatic rings. The number of fused-ring (bicyclic) bond motifs is 6. The summed E-state index contributed by atoms with van der Waals surface area (Å²) in [5.74, 6) is 0.700. The third kappa shape index (κ3) is 5.43. The molecule has 1 aliphatic rings. The van der Waals surface area contributed by atoms with Crippen LogP contribution in [0.5, 0.6) is 0 Å². The summed E-state index contributed by atoms with van der Waals surface area (Å²) in [7, 11) is 0. The van der Waals surface area contributed by atoms with Gasteiger partial charge in [-0.25, -0.2) is 9.97 Å². The maximum Gasteiger partial charge on any atom is 0.160 e. The van der Waals surface area contributed by atoms with E-state index in [1.165, 1.54) is 38.9 Å². The molecule has 1 unspecified atom stereocenters. The van der Waals surface area contributed by atoms with Crippen molar-refractivity contribution in [2.45, 2.75) is 12.3 Å². The smallest absolute Gasteiger partial charge is 0.160 e. The molecule has 0 amide bonds. The van der Waals surface area contributed by atoms with Crippen molar-refractivity contribution < 1.29 is 4.42 Å². The van der Waals surface area contributed by atoms with Crippen LogP contribution >= 0.6 is 0 Å². The molecule has 0 radical (unpaired) electrons. The highest BCUT2D eigenvalue weighted by Gasteiger charge is 2.41. The second-order valence-corrected chi connectivity index (χ2v) is 15.1. The number of nitrogens with zero attached hydrogens (tertiary/aromatic N) is 2. The van der Waals surface area contributed by atoms with E-state index in [1.54, 1.807) is 0 Å². The molecule has 11 rings (SSSR count). The molecular formula is C54H36N2O. The summed E-state index contributed by atoms with van der Waals surface area (Å²) in [5, 5.41) is 2.25. The van der Waals surface area contributed by atoms with Crippen molar-refractivity contribution in [3.63, 3.8) is 0 Å². The first-order chi connectivity index (χ1) is 28.1. The Morgan fingerprint density at radius 3 is 1.70 bits per heavy atom. The van der Waals surface area contributed by atoms with Gasteiger partial charge in [0.1, 0.15) is 11.2 Å². The lowest BCUT2D eigenvalue weighted by molar-refractivity contribution is 0.669. The molecule has 268 valence electrons. The Morgan fingerprint density at radius 1 is 0.386 bits per heavy atom. The summed E-state index contributed by atoms with van der Waals surface area (Å²) < 4.78 is 6.08. The fourth-order valence-electron chi connectivity index (χ4n) is 8.88. The Balaban J connectivity index is 0.969. The van der Waals surface area contributed by atoms with Crippen molar-refractivity contribution in [1.29, 1.82) is 0 Å². The van der Waals surface area contributed by atoms with Crippen LogP contribution in [0.25, 0.3) is 89.2 Å². The van der Waals surface area contributed by atoms with Gasteiger partial charge in [-0.2, -0.15) is 0 Å². The predicted molar refractivity (Wildman–Crippen MR) is 234 cm³/mol. The van der Waals surface area contributed by atoms with Crippen LogP contribution in [0.4, 0.5) is 0 Å². The Labute approximate surface area is 331 Å². The fourth-order valence-corrected chi connectivity index (χ4v) is 8.88. The molecule has 2 heterocycles. The molecule has 0 aliphatic heterocycles. The molecule has 3 nitrogen and oxygen atoms in total. The van der Waals surface area contributed by atoms with Gasteiger partial charge in [-0.05, 0) is 81.3 Å². The van der Waals surface area contributed by atoms with E-state index in [4.69, 9.17) is 14.4 Å². The number of furan rings is 1. The van der Waals surface area contributed by atoms with E-state index in [1.807, 2.05) is 30.3 Å². The lowest BCUT2D eigenvalue weighted by atomic mass is 9.74. The Bertz CT molecular complexity index is 3110. The van der Waals surface area contributed by atoms with Gasteiger partial charge in [-0.3, -0.25) is 0 Å². The van der Waals surface area contributed by atoms with Gasteiger partial charge in [0.2, 0.25) is 0 Å². The van der Waals surface area contributed by atoms with Crippen LogP contribution in [0.1, 0.15) is 23.6 Å². The summed E-state index contributed by atoms with van der Waals surface area (Å²) in [5.41, 5.74) is 17.7. The van der Waals surface area contributed by atoms with E-state index in [9.17, 15) is 0 Å². The topological polar surface area (TPSA) is 38.9 Å². The molecule has 0 fully saturated rings. The molecule has 0 N–H and O–H groups in total. The third-order valence-electron chi connectivity index (χ3n) is 11.8. The molecular weight excluding hydrogens is 693 g/mol. The zero-order chi connectivity index (χ0) is 37.9. The van der Waals surface area contributed by atoms with E-state index in [0.29, 0.717) is 5.82 Å². The maximum absolute atomic E-state index is 6.08. The Hall–Kier alpha value is -7.36. The van der Waals surface area contributed by atoms with Crippen molar-refractivity contribution in [1.82, 2.24) is 9.97 Å². The average Bonchev–Trinajstić information content (AvgIpc) is 3.80. The molecule has 0 saturated heterocycles. The molecule has 3 heteroatoms. The lowest BCUT2D eigenvalue weighted by Gasteiger charge is -2.28. The first-order valence-electron chi connectivity index (χ1n) is 19.5. The van der Waals surface area contributed by atoms with Gasteiger partial charge in [0.25, 0.3) is 0 Å². The predicted octanol–water partition coefficient (Wildman–Crippen LogP) is 14.0. The largest absolute Gasteiger partial charge is 0.456 e. The summed E-state index contributed by atoms with van der Waals surface area (Å²) in [6.45, 7) is 2.37. The number of hydrogen-bond acceptors (Lipinski definition) is 3. The van der Waals surface area contributed by atoms with Crippen molar-refractivity contribution in [3.05, 3.63) is 217 Å². The van der Waals surface area contributed by atoms with Gasteiger partial charge >= 0.3 is 0 Å². The highest BCUT2D eigenvalue weighted by molar-refractivity contribution is 6.06. The zero-order valence-electron chi connectivity index (χ0n) is 31.4. The Kier molecular flexibility index (Phi) is 7.61. The summed E-state index contributed by atoms with van der Waals surface area (Å²) >= 11 is 0. The minimum absolute atomic E-state index is 0.241. The van der Waals surface area contributed by atoms with E-state index in [-0.39, 0.29) is 5.41 Å². The Morgan fingerprint density at radius 2 is 0.947 bits per heavy atom. The van der Waals surface area contributed by atoms with Gasteiger partial charge in [-0.1, -0.05) is 176 Å². The van der Waals surface area contributed by atoms with Crippen LogP contribution in [0.3, 0.4) is 0 Å². The second-order valence-electron chi connectivity index (χ2n) is 15.1. The minimum Gasteiger partial charge on any atom is -0.456 e. The van der Waals surface area contributed by atoms with Crippen LogP contribution in [-0.2, 0) is 5.41 Å².